The van der Waals surface area contributed by atoms with E-state index in [0.717, 1.165) is 12.1 Å². The molecule has 0 amide bonds. The van der Waals surface area contributed by atoms with Crippen molar-refractivity contribution < 1.29 is 18.3 Å². The molecule has 5 heteroatoms. The van der Waals surface area contributed by atoms with Crippen LogP contribution in [-0.2, 0) is 6.42 Å². The fourth-order valence-corrected chi connectivity index (χ4v) is 1.68. The highest BCUT2D eigenvalue weighted by molar-refractivity contribution is 6.28. The van der Waals surface area contributed by atoms with E-state index in [4.69, 9.17) is 16.0 Å². The van der Waals surface area contributed by atoms with Crippen molar-refractivity contribution in [1.82, 2.24) is 0 Å². The Bertz CT molecular complexity index is 505. The predicted octanol–water partition coefficient (Wildman–Crippen LogP) is 3.49. The lowest BCUT2D eigenvalue weighted by Crippen LogP contribution is -2.04. The van der Waals surface area contributed by atoms with Gasteiger partial charge in [0.05, 0.1) is 0 Å². The Kier molecular flexibility index (Phi) is 3.45. The van der Waals surface area contributed by atoms with Crippen LogP contribution in [0.4, 0.5) is 8.78 Å². The molecule has 0 saturated carbocycles. The number of aliphatic hydroxyl groups is 1. The highest BCUT2D eigenvalue weighted by Crippen LogP contribution is 2.25. The maximum absolute atomic E-state index is 13.3. The van der Waals surface area contributed by atoms with Gasteiger partial charge in [0.2, 0.25) is 0 Å². The predicted molar refractivity (Wildman–Crippen MR) is 58.7 cm³/mol. The molecule has 0 bridgehead atoms. The molecule has 0 aliphatic heterocycles. The molecule has 0 aliphatic rings. The summed E-state index contributed by atoms with van der Waals surface area (Å²) in [6.07, 6.45) is -1.34. The number of hydrogen-bond acceptors (Lipinski definition) is 2. The van der Waals surface area contributed by atoms with Crippen molar-refractivity contribution >= 4 is 11.6 Å². The normalized spacial score (nSPS) is 12.7. The molecule has 1 aromatic heterocycles. The molecular formula is C12H9ClF2O2. The zero-order valence-corrected chi connectivity index (χ0v) is 9.42. The first-order valence-corrected chi connectivity index (χ1v) is 5.32. The maximum atomic E-state index is 13.3. The van der Waals surface area contributed by atoms with Gasteiger partial charge in [-0.2, -0.15) is 0 Å². The summed E-state index contributed by atoms with van der Waals surface area (Å²) in [4.78, 5) is 0. The lowest BCUT2D eigenvalue weighted by Gasteiger charge is -2.09. The van der Waals surface area contributed by atoms with Gasteiger partial charge in [0, 0.05) is 12.0 Å². The maximum Gasteiger partial charge on any atom is 0.193 e. The summed E-state index contributed by atoms with van der Waals surface area (Å²) in [6.45, 7) is 0. The molecule has 90 valence electrons. The highest BCUT2D eigenvalue weighted by atomic mass is 35.5. The molecule has 2 nitrogen and oxygen atoms in total. The zero-order chi connectivity index (χ0) is 12.4. The summed E-state index contributed by atoms with van der Waals surface area (Å²) in [6, 6.07) is 6.47. The van der Waals surface area contributed by atoms with Gasteiger partial charge in [0.25, 0.3) is 0 Å². The minimum absolute atomic E-state index is 0.119. The Hall–Kier alpha value is -1.39. The molecule has 2 aromatic rings. The van der Waals surface area contributed by atoms with Crippen LogP contribution in [0.1, 0.15) is 17.4 Å². The van der Waals surface area contributed by atoms with Crippen LogP contribution in [0.5, 0.6) is 0 Å². The number of halogens is 3. The number of hydrogen-bond donors (Lipinski definition) is 1. The first kappa shape index (κ1) is 12.1. The van der Waals surface area contributed by atoms with Gasteiger partial charge in [0.1, 0.15) is 23.5 Å². The number of furan rings is 1. The van der Waals surface area contributed by atoms with Crippen LogP contribution in [0.2, 0.25) is 5.22 Å². The molecule has 1 unspecified atom stereocenters. The first-order chi connectivity index (χ1) is 8.08. The van der Waals surface area contributed by atoms with Crippen LogP contribution in [0, 0.1) is 11.6 Å². The molecule has 0 saturated heterocycles. The van der Waals surface area contributed by atoms with E-state index in [0.29, 0.717) is 0 Å². The van der Waals surface area contributed by atoms with Crippen LogP contribution < -0.4 is 0 Å². The van der Waals surface area contributed by atoms with Gasteiger partial charge >= 0.3 is 0 Å². The third-order valence-corrected chi connectivity index (χ3v) is 2.58. The van der Waals surface area contributed by atoms with Crippen molar-refractivity contribution in [3.05, 3.63) is 58.5 Å². The molecule has 1 aromatic carbocycles. The van der Waals surface area contributed by atoms with Gasteiger partial charge in [-0.15, -0.1) is 0 Å². The van der Waals surface area contributed by atoms with Gasteiger partial charge in [-0.25, -0.2) is 8.78 Å². The van der Waals surface area contributed by atoms with Crippen LogP contribution in [0.3, 0.4) is 0 Å². The largest absolute Gasteiger partial charge is 0.447 e. The Morgan fingerprint density at radius 3 is 2.35 bits per heavy atom. The van der Waals surface area contributed by atoms with E-state index in [9.17, 15) is 13.9 Å². The van der Waals surface area contributed by atoms with Gasteiger partial charge in [0.15, 0.2) is 5.22 Å². The summed E-state index contributed by atoms with van der Waals surface area (Å²) in [5.74, 6) is -1.21. The molecule has 0 fully saturated rings. The van der Waals surface area contributed by atoms with Crippen LogP contribution in [0.15, 0.2) is 34.7 Å². The summed E-state index contributed by atoms with van der Waals surface area (Å²) in [5, 5.41) is 9.87. The average Bonchev–Trinajstić information content (AvgIpc) is 2.70. The molecule has 0 spiro atoms. The summed E-state index contributed by atoms with van der Waals surface area (Å²) < 4.78 is 31.6. The SMILES string of the molecule is OC(Cc1c(F)cccc1F)c1ccc(Cl)o1. The highest BCUT2D eigenvalue weighted by Gasteiger charge is 2.17. The Labute approximate surface area is 101 Å². The Morgan fingerprint density at radius 2 is 1.82 bits per heavy atom. The van der Waals surface area contributed by atoms with Crippen LogP contribution in [0.25, 0.3) is 0 Å². The smallest absolute Gasteiger partial charge is 0.193 e. The second-order valence-corrected chi connectivity index (χ2v) is 3.93. The van der Waals surface area contributed by atoms with Gasteiger partial charge in [-0.3, -0.25) is 0 Å². The summed E-state index contributed by atoms with van der Waals surface area (Å²) in [7, 11) is 0. The first-order valence-electron chi connectivity index (χ1n) is 4.94. The third-order valence-electron chi connectivity index (χ3n) is 2.38. The van der Waals surface area contributed by atoms with Crippen molar-refractivity contribution in [1.29, 1.82) is 0 Å². The van der Waals surface area contributed by atoms with E-state index in [2.05, 4.69) is 0 Å². The van der Waals surface area contributed by atoms with Gasteiger partial charge < -0.3 is 9.52 Å². The second kappa shape index (κ2) is 4.85. The number of benzene rings is 1. The second-order valence-electron chi connectivity index (χ2n) is 3.56. The summed E-state index contributed by atoms with van der Waals surface area (Å²) >= 11 is 5.54. The minimum Gasteiger partial charge on any atom is -0.447 e. The Morgan fingerprint density at radius 1 is 1.18 bits per heavy atom. The lowest BCUT2D eigenvalue weighted by atomic mass is 10.1. The van der Waals surface area contributed by atoms with E-state index in [1.54, 1.807) is 0 Å². The molecular weight excluding hydrogens is 250 g/mol. The Balaban J connectivity index is 2.21. The minimum atomic E-state index is -1.13. The molecule has 17 heavy (non-hydrogen) atoms. The molecule has 0 aliphatic carbocycles. The lowest BCUT2D eigenvalue weighted by molar-refractivity contribution is 0.148. The fraction of sp³-hybridized carbons (Fsp3) is 0.167. The topological polar surface area (TPSA) is 33.4 Å². The van der Waals surface area contributed by atoms with Crippen molar-refractivity contribution in [3.63, 3.8) is 0 Å². The molecule has 1 N–H and O–H groups in total. The van der Waals surface area contributed by atoms with E-state index >= 15 is 0 Å². The van der Waals surface area contributed by atoms with Crippen LogP contribution >= 0.6 is 11.6 Å². The van der Waals surface area contributed by atoms with Gasteiger partial charge in [-0.1, -0.05) is 6.07 Å². The van der Waals surface area contributed by atoms with Crippen molar-refractivity contribution in [2.24, 2.45) is 0 Å². The van der Waals surface area contributed by atoms with Crippen LogP contribution in [-0.4, -0.2) is 5.11 Å². The monoisotopic (exact) mass is 258 g/mol. The third kappa shape index (κ3) is 2.65. The molecule has 0 radical (unpaired) electrons. The van der Waals surface area contributed by atoms with E-state index in [1.807, 2.05) is 0 Å². The molecule has 1 heterocycles. The molecule has 1 atom stereocenters. The van der Waals surface area contributed by atoms with E-state index in [-0.39, 0.29) is 23.0 Å². The van der Waals surface area contributed by atoms with E-state index < -0.39 is 17.7 Å². The average molecular weight is 259 g/mol. The molecule has 2 rings (SSSR count). The number of aliphatic hydroxyl groups excluding tert-OH is 1. The van der Waals surface area contributed by atoms with Crippen molar-refractivity contribution in [2.45, 2.75) is 12.5 Å². The summed E-state index contributed by atoms with van der Waals surface area (Å²) in [5.41, 5.74) is -0.174. The van der Waals surface area contributed by atoms with Crippen molar-refractivity contribution in [3.8, 4) is 0 Å². The number of rotatable bonds is 3. The fourth-order valence-electron chi connectivity index (χ4n) is 1.53. The van der Waals surface area contributed by atoms with Gasteiger partial charge in [-0.05, 0) is 35.9 Å². The standard InChI is InChI=1S/C12H9ClF2O2/c13-12-5-4-11(17-12)10(16)6-7-8(14)2-1-3-9(7)15/h1-5,10,16H,6H2. The van der Waals surface area contributed by atoms with E-state index in [1.165, 1.54) is 18.2 Å². The van der Waals surface area contributed by atoms with Crippen molar-refractivity contribution in [2.75, 3.05) is 0 Å². The zero-order valence-electron chi connectivity index (χ0n) is 8.66. The quantitative estimate of drug-likeness (QED) is 0.914.